The van der Waals surface area contributed by atoms with Crippen LogP contribution in [0.2, 0.25) is 0 Å². The number of nitrogens with zero attached hydrogens (tertiary/aromatic N) is 2. The molecule has 0 spiro atoms. The maximum Gasteiger partial charge on any atom is 0.0160 e. The molecule has 4 aromatic carbocycles. The zero-order chi connectivity index (χ0) is 26.7. The molecule has 0 saturated heterocycles. The van der Waals surface area contributed by atoms with Gasteiger partial charge in [0, 0.05) is 32.5 Å². The first-order valence-corrected chi connectivity index (χ1v) is 13.9. The third-order valence-electron chi connectivity index (χ3n) is 7.81. The smallest absolute Gasteiger partial charge is 0.0160 e. The molecule has 2 heterocycles. The van der Waals surface area contributed by atoms with Gasteiger partial charge in [0.2, 0.25) is 0 Å². The monoisotopic (exact) mass is 705 g/mol. The first kappa shape index (κ1) is 27.0. The molecule has 6 aromatic rings. The van der Waals surface area contributed by atoms with E-state index >= 15 is 0 Å². The van der Waals surface area contributed by atoms with Crippen molar-refractivity contribution < 1.29 is 20.1 Å². The van der Waals surface area contributed by atoms with Crippen LogP contribution in [0.4, 0.5) is 0 Å². The molecule has 0 atom stereocenters. The summed E-state index contributed by atoms with van der Waals surface area (Å²) in [5.74, 6) is 0. The summed E-state index contributed by atoms with van der Waals surface area (Å²) >= 11 is 0. The number of pyridine rings is 2. The molecular weight excluding hydrogens is 677 g/mol. The third-order valence-corrected chi connectivity index (χ3v) is 7.81. The van der Waals surface area contributed by atoms with Crippen molar-refractivity contribution in [3.05, 3.63) is 156 Å². The molecule has 8 rings (SSSR count). The summed E-state index contributed by atoms with van der Waals surface area (Å²) < 4.78 is 0. The predicted octanol–water partition coefficient (Wildman–Crippen LogP) is 8.63. The van der Waals surface area contributed by atoms with Crippen LogP contribution in [0.25, 0.3) is 44.8 Å². The quantitative estimate of drug-likeness (QED) is 0.173. The van der Waals surface area contributed by atoms with Crippen LogP contribution >= 0.6 is 0 Å². The van der Waals surface area contributed by atoms with Crippen LogP contribution < -0.4 is 0 Å². The van der Waals surface area contributed by atoms with Crippen molar-refractivity contribution in [3.63, 3.8) is 0 Å². The molecule has 0 N–H and O–H groups in total. The number of benzene rings is 4. The largest absolute Gasteiger partial charge is 0.305 e. The Balaban J connectivity index is 0.000000147. The Morgan fingerprint density at radius 2 is 1.17 bits per heavy atom. The molecule has 2 nitrogen and oxygen atoms in total. The first-order valence-electron chi connectivity index (χ1n) is 13.9. The van der Waals surface area contributed by atoms with E-state index in [0.717, 1.165) is 48.2 Å². The van der Waals surface area contributed by atoms with Gasteiger partial charge in [0.25, 0.3) is 0 Å². The van der Waals surface area contributed by atoms with Gasteiger partial charge < -0.3 is 9.97 Å². The van der Waals surface area contributed by atoms with Gasteiger partial charge in [-0.15, -0.1) is 64.2 Å². The Labute approximate surface area is 255 Å². The van der Waals surface area contributed by atoms with E-state index in [-0.39, 0.29) is 20.1 Å². The topological polar surface area (TPSA) is 25.8 Å². The van der Waals surface area contributed by atoms with Gasteiger partial charge in [0.05, 0.1) is 0 Å². The normalized spacial score (nSPS) is 12.3. The number of hydrogen-bond acceptors (Lipinski definition) is 2. The van der Waals surface area contributed by atoms with Crippen molar-refractivity contribution in [3.8, 4) is 44.8 Å². The molecule has 2 aromatic heterocycles. The van der Waals surface area contributed by atoms with Gasteiger partial charge in [-0.2, -0.15) is 0 Å². The molecule has 2 aliphatic rings. The van der Waals surface area contributed by atoms with Gasteiger partial charge >= 0.3 is 0 Å². The maximum atomic E-state index is 4.50. The summed E-state index contributed by atoms with van der Waals surface area (Å²) in [5.41, 5.74) is 15.5. The number of hydrogen-bond donors (Lipinski definition) is 0. The molecule has 0 unspecified atom stereocenters. The second-order valence-corrected chi connectivity index (χ2v) is 10.3. The van der Waals surface area contributed by atoms with Crippen molar-refractivity contribution in [2.75, 3.05) is 0 Å². The minimum atomic E-state index is 0. The molecule has 0 aliphatic heterocycles. The first-order chi connectivity index (χ1) is 19.8. The second kappa shape index (κ2) is 12.1. The molecule has 1 radical (unpaired) electrons. The summed E-state index contributed by atoms with van der Waals surface area (Å²) in [6.45, 7) is 0. The van der Waals surface area contributed by atoms with Crippen LogP contribution in [0.3, 0.4) is 0 Å². The predicted molar refractivity (Wildman–Crippen MR) is 163 cm³/mol. The Morgan fingerprint density at radius 1 is 0.512 bits per heavy atom. The molecular formula is C38H28IrN2-2. The van der Waals surface area contributed by atoms with Crippen LogP contribution in [0, 0.1) is 12.1 Å². The zero-order valence-electron chi connectivity index (χ0n) is 22.6. The van der Waals surface area contributed by atoms with Crippen LogP contribution in [-0.4, -0.2) is 9.97 Å². The number of rotatable bonds is 3. The Kier molecular flexibility index (Phi) is 8.00. The molecule has 0 amide bonds. The van der Waals surface area contributed by atoms with Gasteiger partial charge in [0.1, 0.15) is 0 Å². The van der Waals surface area contributed by atoms with Crippen molar-refractivity contribution in [2.24, 2.45) is 0 Å². The zero-order valence-corrected chi connectivity index (χ0v) is 25.0. The minimum absolute atomic E-state index is 0. The Morgan fingerprint density at radius 3 is 1.88 bits per heavy atom. The Bertz CT molecular complexity index is 1680. The van der Waals surface area contributed by atoms with Crippen LogP contribution in [0.15, 0.2) is 122 Å². The van der Waals surface area contributed by atoms with E-state index in [0.29, 0.717) is 0 Å². The van der Waals surface area contributed by atoms with Crippen molar-refractivity contribution in [1.29, 1.82) is 0 Å². The number of aromatic nitrogens is 2. The van der Waals surface area contributed by atoms with E-state index in [1.54, 1.807) is 6.20 Å². The van der Waals surface area contributed by atoms with Crippen LogP contribution in [-0.2, 0) is 45.8 Å². The van der Waals surface area contributed by atoms with E-state index in [1.165, 1.54) is 44.5 Å². The van der Waals surface area contributed by atoms with Crippen molar-refractivity contribution >= 4 is 0 Å². The second-order valence-electron chi connectivity index (χ2n) is 10.3. The van der Waals surface area contributed by atoms with E-state index in [9.17, 15) is 0 Å². The molecule has 41 heavy (non-hydrogen) atoms. The molecule has 2 aliphatic carbocycles. The van der Waals surface area contributed by atoms with Crippen LogP contribution in [0.1, 0.15) is 22.3 Å². The molecule has 3 heteroatoms. The standard InChI is InChI=1S/C21H16N.C17H12N.Ir/c1-2-11-22-19(6-1)18-12-16-9-7-14-4-3-5-15-8-10-17(13-18)21(16)20(14)15;1-2-7-14(8-3-1)15-9-6-10-16(13-15)17-11-4-5-12-18-17;/h1-6,11-12H,7-10H2;1-9,11-13H;/q2*-1;. The molecule has 201 valence electrons. The fraction of sp³-hybridized carbons (Fsp3) is 0.105. The van der Waals surface area contributed by atoms with Crippen molar-refractivity contribution in [2.45, 2.75) is 25.7 Å². The van der Waals surface area contributed by atoms with E-state index in [2.05, 4.69) is 82.8 Å². The average molecular weight is 705 g/mol. The fourth-order valence-corrected chi connectivity index (χ4v) is 5.92. The van der Waals surface area contributed by atoms with Crippen molar-refractivity contribution in [1.82, 2.24) is 9.97 Å². The summed E-state index contributed by atoms with van der Waals surface area (Å²) in [4.78, 5) is 8.85. The van der Waals surface area contributed by atoms with E-state index in [1.807, 2.05) is 54.7 Å². The van der Waals surface area contributed by atoms with Gasteiger partial charge in [-0.05, 0) is 65.9 Å². The fourth-order valence-electron chi connectivity index (χ4n) is 5.92. The maximum absolute atomic E-state index is 4.50. The summed E-state index contributed by atoms with van der Waals surface area (Å²) in [5, 5.41) is 0. The molecule has 0 fully saturated rings. The minimum Gasteiger partial charge on any atom is -0.305 e. The Hall–Kier alpha value is -4.17. The van der Waals surface area contributed by atoms with Gasteiger partial charge in [-0.1, -0.05) is 83.9 Å². The van der Waals surface area contributed by atoms with E-state index in [4.69, 9.17) is 0 Å². The van der Waals surface area contributed by atoms with E-state index < -0.39 is 0 Å². The van der Waals surface area contributed by atoms with Gasteiger partial charge in [-0.3, -0.25) is 0 Å². The molecule has 0 saturated carbocycles. The van der Waals surface area contributed by atoms with Gasteiger partial charge in [0.15, 0.2) is 0 Å². The van der Waals surface area contributed by atoms with Crippen LogP contribution in [0.5, 0.6) is 0 Å². The SMILES string of the molecule is [Ir].[c-]1c(-c2ccccn2)cc2c3c1CCc1cccc(c1-3)CC2.[c-]1ccc(-c2ccccc2)cc1-c1ccccn1. The third kappa shape index (κ3) is 5.57. The average Bonchev–Trinajstić information content (AvgIpc) is 3.05. The summed E-state index contributed by atoms with van der Waals surface area (Å²) in [6.07, 6.45) is 8.19. The molecule has 0 bridgehead atoms. The summed E-state index contributed by atoms with van der Waals surface area (Å²) in [6, 6.07) is 44.5. The summed E-state index contributed by atoms with van der Waals surface area (Å²) in [7, 11) is 0. The van der Waals surface area contributed by atoms with Gasteiger partial charge in [-0.25, -0.2) is 0 Å². The number of aryl methyl sites for hydroxylation is 4.